The number of fused-ring (bicyclic) bond motifs is 1. The van der Waals surface area contributed by atoms with Crippen molar-refractivity contribution in [2.24, 2.45) is 5.92 Å². The van der Waals surface area contributed by atoms with Gasteiger partial charge in [-0.3, -0.25) is 14.3 Å². The van der Waals surface area contributed by atoms with Crippen LogP contribution in [0.5, 0.6) is 0 Å². The average Bonchev–Trinajstić information content (AvgIpc) is 2.85. The molecule has 1 aromatic carbocycles. The van der Waals surface area contributed by atoms with Gasteiger partial charge in [0.25, 0.3) is 0 Å². The number of hydrogen-bond donors (Lipinski definition) is 1. The Morgan fingerprint density at radius 3 is 2.81 bits per heavy atom. The van der Waals surface area contributed by atoms with Crippen LogP contribution >= 0.6 is 0 Å². The van der Waals surface area contributed by atoms with Gasteiger partial charge in [0.1, 0.15) is 5.82 Å². The number of nitrogens with zero attached hydrogens (tertiary/aromatic N) is 4. The van der Waals surface area contributed by atoms with Crippen LogP contribution < -0.4 is 11.0 Å². The highest BCUT2D eigenvalue weighted by Crippen LogP contribution is 2.19. The van der Waals surface area contributed by atoms with E-state index in [9.17, 15) is 9.59 Å². The van der Waals surface area contributed by atoms with Crippen molar-refractivity contribution in [1.82, 2.24) is 19.2 Å². The van der Waals surface area contributed by atoms with Gasteiger partial charge in [-0.25, -0.2) is 4.79 Å². The second-order valence-corrected chi connectivity index (χ2v) is 7.57. The molecule has 0 unspecified atom stereocenters. The molecule has 27 heavy (non-hydrogen) atoms. The van der Waals surface area contributed by atoms with Crippen LogP contribution in [0, 0.1) is 5.92 Å². The smallest absolute Gasteiger partial charge is 0.326 e. The Balaban J connectivity index is 1.40. The molecular formula is C20H27N5O2. The predicted octanol–water partition coefficient (Wildman–Crippen LogP) is 2.08. The first kappa shape index (κ1) is 18.0. The van der Waals surface area contributed by atoms with Crippen molar-refractivity contribution in [3.63, 3.8) is 0 Å². The Kier molecular flexibility index (Phi) is 5.38. The summed E-state index contributed by atoms with van der Waals surface area (Å²) in [6.07, 6.45) is 6.02. The minimum atomic E-state index is -0.0601. The van der Waals surface area contributed by atoms with E-state index in [0.717, 1.165) is 63.1 Å². The third-order valence-corrected chi connectivity index (χ3v) is 5.53. The van der Waals surface area contributed by atoms with Gasteiger partial charge in [-0.1, -0.05) is 24.6 Å². The topological polar surface area (TPSA) is 72.2 Å². The summed E-state index contributed by atoms with van der Waals surface area (Å²) < 4.78 is 3.41. The molecule has 1 amide bonds. The average molecular weight is 369 g/mol. The molecule has 0 saturated carbocycles. The summed E-state index contributed by atoms with van der Waals surface area (Å²) in [5.41, 5.74) is 0.816. The van der Waals surface area contributed by atoms with Crippen LogP contribution in [0.2, 0.25) is 0 Å². The molecule has 2 aromatic rings. The first-order valence-electron chi connectivity index (χ1n) is 9.95. The monoisotopic (exact) mass is 369 g/mol. The van der Waals surface area contributed by atoms with E-state index in [2.05, 4.69) is 15.3 Å². The zero-order valence-electron chi connectivity index (χ0n) is 15.6. The Morgan fingerprint density at radius 1 is 1.11 bits per heavy atom. The number of amides is 1. The molecule has 0 radical (unpaired) electrons. The van der Waals surface area contributed by atoms with Crippen LogP contribution in [0.3, 0.4) is 0 Å². The van der Waals surface area contributed by atoms with Crippen molar-refractivity contribution < 1.29 is 4.79 Å². The largest absolute Gasteiger partial charge is 0.347 e. The number of rotatable bonds is 4. The van der Waals surface area contributed by atoms with Crippen molar-refractivity contribution in [3.05, 3.63) is 46.6 Å². The summed E-state index contributed by atoms with van der Waals surface area (Å²) in [5, 5.41) is 7.57. The maximum atomic E-state index is 12.7. The lowest BCUT2D eigenvalue weighted by Crippen LogP contribution is -2.43. The quantitative estimate of drug-likeness (QED) is 0.896. The molecule has 7 nitrogen and oxygen atoms in total. The SMILES string of the molecule is O=C(Nc1ccccc1)[C@H]1CCCN(Cn2nc3n(c2=O)CCCCC3)C1. The number of carbonyl (C=O) groups excluding carboxylic acids is 1. The Bertz CT molecular complexity index is 842. The summed E-state index contributed by atoms with van der Waals surface area (Å²) in [5.74, 6) is 0.904. The van der Waals surface area contributed by atoms with Crippen LogP contribution in [0.15, 0.2) is 35.1 Å². The number of para-hydroxylation sites is 1. The van der Waals surface area contributed by atoms with Gasteiger partial charge in [-0.2, -0.15) is 9.78 Å². The predicted molar refractivity (Wildman–Crippen MR) is 103 cm³/mol. The molecule has 0 bridgehead atoms. The van der Waals surface area contributed by atoms with E-state index in [1.54, 1.807) is 4.68 Å². The van der Waals surface area contributed by atoms with Crippen LogP contribution in [-0.4, -0.2) is 38.2 Å². The number of benzene rings is 1. The summed E-state index contributed by atoms with van der Waals surface area (Å²) >= 11 is 0. The molecule has 1 fully saturated rings. The molecule has 4 rings (SSSR count). The van der Waals surface area contributed by atoms with Gasteiger partial charge < -0.3 is 5.32 Å². The molecular weight excluding hydrogens is 342 g/mol. The number of likely N-dealkylation sites (tertiary alicyclic amines) is 1. The lowest BCUT2D eigenvalue weighted by atomic mass is 9.97. The van der Waals surface area contributed by atoms with E-state index in [4.69, 9.17) is 0 Å². The number of aryl methyl sites for hydroxylation is 1. The minimum absolute atomic E-state index is 0.0113. The highest BCUT2D eigenvalue weighted by molar-refractivity contribution is 5.92. The van der Waals surface area contributed by atoms with E-state index in [1.807, 2.05) is 34.9 Å². The highest BCUT2D eigenvalue weighted by Gasteiger charge is 2.27. The normalized spacial score (nSPS) is 20.7. The number of aromatic nitrogens is 3. The van der Waals surface area contributed by atoms with Gasteiger partial charge in [0.05, 0.1) is 12.6 Å². The molecule has 144 valence electrons. The third kappa shape index (κ3) is 4.13. The fourth-order valence-corrected chi connectivity index (χ4v) is 4.07. The van der Waals surface area contributed by atoms with Crippen molar-refractivity contribution in [1.29, 1.82) is 0 Å². The molecule has 1 saturated heterocycles. The van der Waals surface area contributed by atoms with Crippen molar-refractivity contribution in [2.75, 3.05) is 18.4 Å². The summed E-state index contributed by atoms with van der Waals surface area (Å²) in [7, 11) is 0. The zero-order valence-corrected chi connectivity index (χ0v) is 15.6. The molecule has 3 heterocycles. The van der Waals surface area contributed by atoms with Crippen molar-refractivity contribution in [2.45, 2.75) is 51.7 Å². The minimum Gasteiger partial charge on any atom is -0.326 e. The van der Waals surface area contributed by atoms with Crippen LogP contribution in [0.1, 0.15) is 37.9 Å². The molecule has 1 N–H and O–H groups in total. The fourth-order valence-electron chi connectivity index (χ4n) is 4.07. The highest BCUT2D eigenvalue weighted by atomic mass is 16.2. The second kappa shape index (κ2) is 8.08. The van der Waals surface area contributed by atoms with Gasteiger partial charge in [-0.15, -0.1) is 0 Å². The number of carbonyl (C=O) groups is 1. The lowest BCUT2D eigenvalue weighted by molar-refractivity contribution is -0.121. The standard InChI is InChI=1S/C20H27N5O2/c26-19(21-17-9-3-1-4-10-17)16-8-7-12-23(14-16)15-25-20(27)24-13-6-2-5-11-18(24)22-25/h1,3-4,9-10,16H,2,5-8,11-15H2,(H,21,26)/t16-/m0/s1. The fraction of sp³-hybridized carbons (Fsp3) is 0.550. The second-order valence-electron chi connectivity index (χ2n) is 7.57. The van der Waals surface area contributed by atoms with Crippen LogP contribution in [-0.2, 0) is 24.4 Å². The number of anilines is 1. The van der Waals surface area contributed by atoms with Gasteiger partial charge in [0, 0.05) is 25.2 Å². The summed E-state index contributed by atoms with van der Waals surface area (Å²) in [4.78, 5) is 27.4. The van der Waals surface area contributed by atoms with E-state index < -0.39 is 0 Å². The Hall–Kier alpha value is -2.41. The third-order valence-electron chi connectivity index (χ3n) is 5.53. The molecule has 1 atom stereocenters. The van der Waals surface area contributed by atoms with E-state index >= 15 is 0 Å². The van der Waals surface area contributed by atoms with Gasteiger partial charge >= 0.3 is 5.69 Å². The molecule has 7 heteroatoms. The number of nitrogens with one attached hydrogen (secondary N) is 1. The lowest BCUT2D eigenvalue weighted by Gasteiger charge is -2.31. The molecule has 1 aromatic heterocycles. The first-order chi connectivity index (χ1) is 13.2. The molecule has 2 aliphatic rings. The number of piperidine rings is 1. The van der Waals surface area contributed by atoms with Crippen molar-refractivity contribution >= 4 is 11.6 Å². The summed E-state index contributed by atoms with van der Waals surface area (Å²) in [6, 6.07) is 9.56. The van der Waals surface area contributed by atoms with Gasteiger partial charge in [0.15, 0.2) is 0 Å². The maximum absolute atomic E-state index is 12.7. The molecule has 2 aliphatic heterocycles. The number of hydrogen-bond acceptors (Lipinski definition) is 4. The molecule has 0 spiro atoms. The Labute approximate surface area is 159 Å². The first-order valence-corrected chi connectivity index (χ1v) is 9.95. The maximum Gasteiger partial charge on any atom is 0.347 e. The summed E-state index contributed by atoms with van der Waals surface area (Å²) in [6.45, 7) is 2.79. The van der Waals surface area contributed by atoms with E-state index in [0.29, 0.717) is 13.2 Å². The van der Waals surface area contributed by atoms with E-state index in [1.165, 1.54) is 0 Å². The van der Waals surface area contributed by atoms with Crippen molar-refractivity contribution in [3.8, 4) is 0 Å². The Morgan fingerprint density at radius 2 is 1.96 bits per heavy atom. The van der Waals surface area contributed by atoms with Crippen LogP contribution in [0.25, 0.3) is 0 Å². The zero-order chi connectivity index (χ0) is 18.6. The van der Waals surface area contributed by atoms with Gasteiger partial charge in [-0.05, 0) is 44.4 Å². The van der Waals surface area contributed by atoms with Gasteiger partial charge in [0.2, 0.25) is 5.91 Å². The van der Waals surface area contributed by atoms with E-state index in [-0.39, 0.29) is 17.5 Å². The molecule has 0 aliphatic carbocycles. The van der Waals surface area contributed by atoms with Crippen LogP contribution in [0.4, 0.5) is 5.69 Å².